The Morgan fingerprint density at radius 3 is 2.88 bits per heavy atom. The fourth-order valence-corrected chi connectivity index (χ4v) is 2.32. The van der Waals surface area contributed by atoms with Crippen LogP contribution in [0.15, 0.2) is 17.3 Å². The molecule has 92 valence electrons. The van der Waals surface area contributed by atoms with Gasteiger partial charge in [0.1, 0.15) is 4.90 Å². The van der Waals surface area contributed by atoms with E-state index < -0.39 is 16.1 Å². The van der Waals surface area contributed by atoms with Crippen LogP contribution >= 0.6 is 0 Å². The van der Waals surface area contributed by atoms with Gasteiger partial charge in [-0.3, -0.25) is 5.10 Å². The number of ether oxygens (including phenoxy) is 1. The third-order valence-corrected chi connectivity index (χ3v) is 3.80. The Kier molecular flexibility index (Phi) is 4.42. The summed E-state index contributed by atoms with van der Waals surface area (Å²) in [7, 11) is -0.757. The molecule has 0 aliphatic rings. The van der Waals surface area contributed by atoms with Crippen LogP contribution in [0.2, 0.25) is 0 Å². The number of aromatic nitrogens is 2. The first-order valence-corrected chi connectivity index (χ1v) is 6.04. The Hall–Kier alpha value is -0.960. The van der Waals surface area contributed by atoms with E-state index in [1.165, 1.54) is 26.6 Å². The first-order valence-electron chi connectivity index (χ1n) is 4.60. The molecule has 0 aliphatic carbocycles. The van der Waals surface area contributed by atoms with E-state index in [9.17, 15) is 13.5 Å². The zero-order valence-electron chi connectivity index (χ0n) is 9.12. The van der Waals surface area contributed by atoms with Crippen LogP contribution < -0.4 is 0 Å². The third kappa shape index (κ3) is 3.01. The normalized spacial score (nSPS) is 14.2. The fourth-order valence-electron chi connectivity index (χ4n) is 1.20. The maximum Gasteiger partial charge on any atom is 0.246 e. The second-order valence-corrected chi connectivity index (χ2v) is 5.37. The lowest BCUT2D eigenvalue weighted by molar-refractivity contribution is 0.0554. The smallest absolute Gasteiger partial charge is 0.246 e. The topological polar surface area (TPSA) is 95.5 Å². The second-order valence-electron chi connectivity index (χ2n) is 3.33. The molecular weight excluding hydrogens is 234 g/mol. The van der Waals surface area contributed by atoms with Crippen molar-refractivity contribution in [1.29, 1.82) is 0 Å². The standard InChI is InChI=1S/C8H15N3O4S/c1-11(5-7(12)6-15-2)16(13,14)8-3-9-10-4-8/h3-4,7,12H,5-6H2,1-2H3,(H,9,10). The van der Waals surface area contributed by atoms with Crippen molar-refractivity contribution in [1.82, 2.24) is 14.5 Å². The van der Waals surface area contributed by atoms with Crippen molar-refractivity contribution in [2.75, 3.05) is 27.3 Å². The maximum atomic E-state index is 11.8. The lowest BCUT2D eigenvalue weighted by atomic mass is 10.4. The van der Waals surface area contributed by atoms with Crippen LogP contribution in [0, 0.1) is 0 Å². The van der Waals surface area contributed by atoms with Gasteiger partial charge in [0.25, 0.3) is 0 Å². The molecule has 16 heavy (non-hydrogen) atoms. The average molecular weight is 249 g/mol. The SMILES string of the molecule is COCC(O)CN(C)S(=O)(=O)c1cn[nH]c1. The van der Waals surface area contributed by atoms with E-state index in [1.807, 2.05) is 0 Å². The molecule has 2 N–H and O–H groups in total. The van der Waals surface area contributed by atoms with Crippen molar-refractivity contribution in [3.63, 3.8) is 0 Å². The molecule has 1 aromatic rings. The Balaban J connectivity index is 2.70. The van der Waals surface area contributed by atoms with E-state index in [0.29, 0.717) is 0 Å². The number of nitrogens with zero attached hydrogens (tertiary/aromatic N) is 2. The van der Waals surface area contributed by atoms with Gasteiger partial charge in [0.2, 0.25) is 10.0 Å². The van der Waals surface area contributed by atoms with Gasteiger partial charge in [0.15, 0.2) is 0 Å². The third-order valence-electron chi connectivity index (χ3n) is 2.01. The number of aliphatic hydroxyl groups excluding tert-OH is 1. The van der Waals surface area contributed by atoms with E-state index >= 15 is 0 Å². The monoisotopic (exact) mass is 249 g/mol. The molecule has 0 radical (unpaired) electrons. The van der Waals surface area contributed by atoms with Crippen molar-refractivity contribution in [2.45, 2.75) is 11.0 Å². The molecule has 0 bridgehead atoms. The van der Waals surface area contributed by atoms with Gasteiger partial charge in [-0.15, -0.1) is 0 Å². The Bertz CT molecular complexity index is 403. The summed E-state index contributed by atoms with van der Waals surface area (Å²) in [6.45, 7) is 0.0621. The minimum absolute atomic E-state index is 0.0264. The van der Waals surface area contributed by atoms with Gasteiger partial charge >= 0.3 is 0 Å². The van der Waals surface area contributed by atoms with Gasteiger partial charge in [-0.25, -0.2) is 8.42 Å². The van der Waals surface area contributed by atoms with Crippen LogP contribution in [0.1, 0.15) is 0 Å². The molecule has 1 unspecified atom stereocenters. The highest BCUT2D eigenvalue weighted by atomic mass is 32.2. The Morgan fingerprint density at radius 1 is 1.69 bits per heavy atom. The average Bonchev–Trinajstić information content (AvgIpc) is 2.70. The van der Waals surface area contributed by atoms with Gasteiger partial charge in [-0.1, -0.05) is 0 Å². The van der Waals surface area contributed by atoms with Crippen molar-refractivity contribution in [3.8, 4) is 0 Å². The molecule has 0 aliphatic heterocycles. The van der Waals surface area contributed by atoms with Gasteiger partial charge in [0.05, 0.1) is 18.9 Å². The summed E-state index contributed by atoms with van der Waals surface area (Å²) in [5.74, 6) is 0. The van der Waals surface area contributed by atoms with E-state index in [-0.39, 0.29) is 18.0 Å². The predicted octanol–water partition coefficient (Wildman–Crippen LogP) is -0.962. The van der Waals surface area contributed by atoms with Crippen molar-refractivity contribution in [3.05, 3.63) is 12.4 Å². The Labute approximate surface area is 94.1 Å². The fraction of sp³-hybridized carbons (Fsp3) is 0.625. The summed E-state index contributed by atoms with van der Waals surface area (Å²) in [6, 6.07) is 0. The number of hydrogen-bond donors (Lipinski definition) is 2. The summed E-state index contributed by atoms with van der Waals surface area (Å²) in [4.78, 5) is 0.0691. The number of H-pyrrole nitrogens is 1. The molecule has 0 saturated heterocycles. The van der Waals surface area contributed by atoms with Gasteiger partial charge in [-0.2, -0.15) is 9.40 Å². The minimum atomic E-state index is -3.59. The first-order chi connectivity index (χ1) is 7.48. The molecule has 0 saturated carbocycles. The van der Waals surface area contributed by atoms with Crippen LogP contribution in [0.25, 0.3) is 0 Å². The summed E-state index contributed by atoms with van der Waals surface area (Å²) >= 11 is 0. The lowest BCUT2D eigenvalue weighted by Crippen LogP contribution is -2.36. The summed E-state index contributed by atoms with van der Waals surface area (Å²) in [6.07, 6.45) is 1.65. The molecule has 0 fully saturated rings. The quantitative estimate of drug-likeness (QED) is 0.677. The molecule has 1 atom stereocenters. The second kappa shape index (κ2) is 5.39. The van der Waals surface area contributed by atoms with Crippen LogP contribution in [-0.4, -0.2) is 61.4 Å². The predicted molar refractivity (Wildman–Crippen MR) is 56.3 cm³/mol. The molecule has 0 aromatic carbocycles. The molecule has 1 aromatic heterocycles. The van der Waals surface area contributed by atoms with Gasteiger partial charge in [0, 0.05) is 26.9 Å². The number of sulfonamides is 1. The number of aromatic amines is 1. The maximum absolute atomic E-state index is 11.8. The van der Waals surface area contributed by atoms with Crippen molar-refractivity contribution in [2.24, 2.45) is 0 Å². The molecule has 1 rings (SSSR count). The number of hydrogen-bond acceptors (Lipinski definition) is 5. The molecule has 1 heterocycles. The summed E-state index contributed by atoms with van der Waals surface area (Å²) in [5.41, 5.74) is 0. The van der Waals surface area contributed by atoms with Crippen LogP contribution in [-0.2, 0) is 14.8 Å². The molecular formula is C8H15N3O4S. The molecule has 7 nitrogen and oxygen atoms in total. The summed E-state index contributed by atoms with van der Waals surface area (Å²) < 4.78 is 29.5. The van der Waals surface area contributed by atoms with E-state index in [2.05, 4.69) is 10.2 Å². The minimum Gasteiger partial charge on any atom is -0.389 e. The van der Waals surface area contributed by atoms with Crippen molar-refractivity contribution >= 4 is 10.0 Å². The number of nitrogens with one attached hydrogen (secondary N) is 1. The number of likely N-dealkylation sites (N-methyl/N-ethyl adjacent to an activating group) is 1. The van der Waals surface area contributed by atoms with Crippen molar-refractivity contribution < 1.29 is 18.3 Å². The van der Waals surface area contributed by atoms with E-state index in [0.717, 1.165) is 4.31 Å². The van der Waals surface area contributed by atoms with E-state index in [1.54, 1.807) is 0 Å². The van der Waals surface area contributed by atoms with Crippen LogP contribution in [0.3, 0.4) is 0 Å². The number of aliphatic hydroxyl groups is 1. The highest BCUT2D eigenvalue weighted by Gasteiger charge is 2.23. The Morgan fingerprint density at radius 2 is 2.38 bits per heavy atom. The first kappa shape index (κ1) is 13.1. The summed E-state index contributed by atoms with van der Waals surface area (Å²) in [5, 5.41) is 15.4. The molecule has 0 spiro atoms. The highest BCUT2D eigenvalue weighted by Crippen LogP contribution is 2.11. The largest absolute Gasteiger partial charge is 0.389 e. The highest BCUT2D eigenvalue weighted by molar-refractivity contribution is 7.89. The van der Waals surface area contributed by atoms with E-state index in [4.69, 9.17) is 4.74 Å². The number of rotatable bonds is 6. The lowest BCUT2D eigenvalue weighted by Gasteiger charge is -2.19. The number of methoxy groups -OCH3 is 1. The zero-order chi connectivity index (χ0) is 12.2. The molecule has 8 heteroatoms. The van der Waals surface area contributed by atoms with Crippen LogP contribution in [0.4, 0.5) is 0 Å². The molecule has 0 amide bonds. The van der Waals surface area contributed by atoms with Gasteiger partial charge in [-0.05, 0) is 0 Å². The van der Waals surface area contributed by atoms with Gasteiger partial charge < -0.3 is 9.84 Å². The van der Waals surface area contributed by atoms with Crippen LogP contribution in [0.5, 0.6) is 0 Å². The zero-order valence-corrected chi connectivity index (χ0v) is 9.94.